The molecule has 1 N–H and O–H groups in total. The molecule has 4 aromatic rings. The van der Waals surface area contributed by atoms with Crippen molar-refractivity contribution in [3.05, 3.63) is 64.4 Å². The van der Waals surface area contributed by atoms with Crippen LogP contribution in [0.25, 0.3) is 11.0 Å². The van der Waals surface area contributed by atoms with Crippen LogP contribution in [-0.2, 0) is 13.6 Å². The van der Waals surface area contributed by atoms with Crippen LogP contribution >= 0.6 is 11.3 Å². The molecule has 120 valence electrons. The molecule has 0 aliphatic heterocycles. The number of aryl methyl sites for hydroxylation is 1. The van der Waals surface area contributed by atoms with Crippen molar-refractivity contribution in [2.75, 3.05) is 0 Å². The average Bonchev–Trinajstić information content (AvgIpc) is 3.29. The highest BCUT2D eigenvalue weighted by molar-refractivity contribution is 7.07. The summed E-state index contributed by atoms with van der Waals surface area (Å²) in [6.07, 6.45) is 7.01. The molecule has 1 amide bonds. The molecule has 0 fully saturated rings. The van der Waals surface area contributed by atoms with E-state index in [-0.39, 0.29) is 5.91 Å². The first-order valence-electron chi connectivity index (χ1n) is 7.34. The van der Waals surface area contributed by atoms with Gasteiger partial charge in [-0.05, 0) is 18.2 Å². The van der Waals surface area contributed by atoms with Crippen LogP contribution in [0.2, 0.25) is 0 Å². The Labute approximate surface area is 140 Å². The number of thiazole rings is 1. The van der Waals surface area contributed by atoms with E-state index >= 15 is 0 Å². The maximum Gasteiger partial charge on any atom is 0.281 e. The molecule has 0 spiro atoms. The molecule has 0 radical (unpaired) electrons. The maximum atomic E-state index is 12.6. The fourth-order valence-electron chi connectivity index (χ4n) is 2.52. The van der Waals surface area contributed by atoms with Crippen molar-refractivity contribution in [3.63, 3.8) is 0 Å². The zero-order chi connectivity index (χ0) is 16.5. The lowest BCUT2D eigenvalue weighted by atomic mass is 10.2. The fourth-order valence-corrected chi connectivity index (χ4v) is 3.24. The van der Waals surface area contributed by atoms with Crippen molar-refractivity contribution in [3.8, 4) is 0 Å². The molecule has 0 aromatic carbocycles. The molecule has 24 heavy (non-hydrogen) atoms. The van der Waals surface area contributed by atoms with E-state index in [0.29, 0.717) is 22.6 Å². The number of nitrogens with zero attached hydrogens (tertiary/aromatic N) is 5. The quantitative estimate of drug-likeness (QED) is 0.620. The highest BCUT2D eigenvalue weighted by Gasteiger charge is 2.12. The molecule has 0 saturated heterocycles. The summed E-state index contributed by atoms with van der Waals surface area (Å²) in [6, 6.07) is 5.61. The molecule has 0 aliphatic rings. The molecule has 4 aromatic heterocycles. The number of aromatic amines is 1. The Hall–Kier alpha value is -3.00. The van der Waals surface area contributed by atoms with Crippen molar-refractivity contribution in [2.24, 2.45) is 12.0 Å². The Balaban J connectivity index is 1.70. The number of amides is 1. The van der Waals surface area contributed by atoms with Crippen molar-refractivity contribution in [1.82, 2.24) is 24.3 Å². The lowest BCUT2D eigenvalue weighted by Gasteiger charge is -2.03. The van der Waals surface area contributed by atoms with Gasteiger partial charge in [-0.2, -0.15) is 10.1 Å². The Morgan fingerprint density at radius 2 is 2.29 bits per heavy atom. The Kier molecular flexibility index (Phi) is 3.58. The lowest BCUT2D eigenvalue weighted by molar-refractivity contribution is 0.0999. The van der Waals surface area contributed by atoms with Crippen LogP contribution in [0.5, 0.6) is 0 Å². The number of H-pyrrole nitrogens is 1. The summed E-state index contributed by atoms with van der Waals surface area (Å²) in [5.41, 5.74) is 2.25. The minimum atomic E-state index is -0.282. The Morgan fingerprint density at radius 1 is 1.38 bits per heavy atom. The summed E-state index contributed by atoms with van der Waals surface area (Å²) < 4.78 is 3.74. The van der Waals surface area contributed by atoms with E-state index in [9.17, 15) is 4.79 Å². The predicted octanol–water partition coefficient (Wildman–Crippen LogP) is 1.95. The molecule has 4 heterocycles. The number of aromatic nitrogens is 5. The second-order valence-corrected chi connectivity index (χ2v) is 6.15. The zero-order valence-electron chi connectivity index (χ0n) is 12.9. The number of rotatable bonds is 3. The van der Waals surface area contributed by atoms with Gasteiger partial charge in [0.05, 0.1) is 17.8 Å². The number of carbonyl (C=O) groups is 1. The number of fused-ring (bicyclic) bond motifs is 1. The van der Waals surface area contributed by atoms with Gasteiger partial charge in [-0.25, -0.2) is 4.98 Å². The van der Waals surface area contributed by atoms with E-state index in [4.69, 9.17) is 0 Å². The van der Waals surface area contributed by atoms with Crippen LogP contribution in [0.3, 0.4) is 0 Å². The fraction of sp³-hybridized carbons (Fsp3) is 0.125. The molecule has 0 aliphatic carbocycles. The van der Waals surface area contributed by atoms with Crippen molar-refractivity contribution in [2.45, 2.75) is 6.54 Å². The van der Waals surface area contributed by atoms with Gasteiger partial charge in [0.2, 0.25) is 0 Å². The number of nitrogens with one attached hydrogen (secondary N) is 1. The smallest absolute Gasteiger partial charge is 0.281 e. The molecule has 0 atom stereocenters. The van der Waals surface area contributed by atoms with Crippen LogP contribution in [0, 0.1) is 0 Å². The van der Waals surface area contributed by atoms with Gasteiger partial charge in [-0.1, -0.05) is 0 Å². The molecular formula is C16H14N6OS. The van der Waals surface area contributed by atoms with Gasteiger partial charge in [0.1, 0.15) is 5.65 Å². The summed E-state index contributed by atoms with van der Waals surface area (Å²) in [6.45, 7) is 0.613. The standard InChI is InChI=1S/C16H14N6OS/c1-21-11(4-6-19-21)10-22-7-8-24-16(22)20-15(23)13-9-18-14-12(13)3-2-5-17-14/h2-9H,10H2,1H3,(H,17,18). The van der Waals surface area contributed by atoms with Crippen LogP contribution < -0.4 is 4.80 Å². The van der Waals surface area contributed by atoms with Crippen LogP contribution in [-0.4, -0.2) is 30.2 Å². The second-order valence-electron chi connectivity index (χ2n) is 5.28. The second kappa shape index (κ2) is 5.89. The monoisotopic (exact) mass is 338 g/mol. The lowest BCUT2D eigenvalue weighted by Crippen LogP contribution is -2.18. The summed E-state index contributed by atoms with van der Waals surface area (Å²) in [5, 5.41) is 6.86. The van der Waals surface area contributed by atoms with Gasteiger partial charge in [-0.15, -0.1) is 11.3 Å². The summed E-state index contributed by atoms with van der Waals surface area (Å²) in [7, 11) is 1.89. The highest BCUT2D eigenvalue weighted by atomic mass is 32.1. The molecule has 4 rings (SSSR count). The van der Waals surface area contributed by atoms with Crippen molar-refractivity contribution in [1.29, 1.82) is 0 Å². The Morgan fingerprint density at radius 3 is 3.12 bits per heavy atom. The molecule has 7 nitrogen and oxygen atoms in total. The topological polar surface area (TPSA) is 80.9 Å². The van der Waals surface area contributed by atoms with E-state index in [1.54, 1.807) is 24.7 Å². The van der Waals surface area contributed by atoms with Crippen LogP contribution in [0.15, 0.2) is 53.4 Å². The first-order chi connectivity index (χ1) is 11.7. The third-order valence-corrected chi connectivity index (χ3v) is 4.59. The van der Waals surface area contributed by atoms with Gasteiger partial charge in [0, 0.05) is 42.6 Å². The average molecular weight is 338 g/mol. The van der Waals surface area contributed by atoms with Crippen LogP contribution in [0.1, 0.15) is 16.1 Å². The first kappa shape index (κ1) is 14.6. The molecule has 0 bridgehead atoms. The number of hydrogen-bond acceptors (Lipinski definition) is 4. The van der Waals surface area contributed by atoms with E-state index in [1.165, 1.54) is 11.3 Å². The molecular weight excluding hydrogens is 324 g/mol. The van der Waals surface area contributed by atoms with Crippen LogP contribution in [0.4, 0.5) is 0 Å². The minimum Gasteiger partial charge on any atom is -0.345 e. The van der Waals surface area contributed by atoms with Gasteiger partial charge >= 0.3 is 0 Å². The summed E-state index contributed by atoms with van der Waals surface area (Å²) in [5.74, 6) is -0.282. The third-order valence-electron chi connectivity index (χ3n) is 3.79. The molecule has 0 saturated carbocycles. The van der Waals surface area contributed by atoms with Gasteiger partial charge in [0.15, 0.2) is 4.80 Å². The van der Waals surface area contributed by atoms with Gasteiger partial charge in [-0.3, -0.25) is 9.48 Å². The Bertz CT molecular complexity index is 1080. The molecule has 8 heteroatoms. The normalized spacial score (nSPS) is 12.1. The number of hydrogen-bond donors (Lipinski definition) is 1. The van der Waals surface area contributed by atoms with Crippen molar-refractivity contribution < 1.29 is 4.79 Å². The van der Waals surface area contributed by atoms with E-state index in [2.05, 4.69) is 20.1 Å². The summed E-state index contributed by atoms with van der Waals surface area (Å²) >= 11 is 1.43. The van der Waals surface area contributed by atoms with E-state index in [1.807, 2.05) is 40.0 Å². The third kappa shape index (κ3) is 2.56. The van der Waals surface area contributed by atoms with Crippen molar-refractivity contribution >= 4 is 28.3 Å². The minimum absolute atomic E-state index is 0.282. The zero-order valence-corrected chi connectivity index (χ0v) is 13.7. The van der Waals surface area contributed by atoms with E-state index in [0.717, 1.165) is 11.1 Å². The van der Waals surface area contributed by atoms with Gasteiger partial charge < -0.3 is 9.55 Å². The largest absolute Gasteiger partial charge is 0.345 e. The number of carbonyl (C=O) groups excluding carboxylic acids is 1. The number of pyridine rings is 1. The SMILES string of the molecule is Cn1nccc1Cn1ccsc1=NC(=O)c1c[nH]c2ncccc12. The highest BCUT2D eigenvalue weighted by Crippen LogP contribution is 2.16. The van der Waals surface area contributed by atoms with E-state index < -0.39 is 0 Å². The van der Waals surface area contributed by atoms with Gasteiger partial charge in [0.25, 0.3) is 5.91 Å². The summed E-state index contributed by atoms with van der Waals surface area (Å²) in [4.78, 5) is 24.7. The predicted molar refractivity (Wildman–Crippen MR) is 90.6 cm³/mol. The maximum absolute atomic E-state index is 12.6. The molecule has 0 unspecified atom stereocenters. The first-order valence-corrected chi connectivity index (χ1v) is 8.22.